The van der Waals surface area contributed by atoms with Gasteiger partial charge in [-0.2, -0.15) is 0 Å². The van der Waals surface area contributed by atoms with E-state index < -0.39 is 71.7 Å². The zero-order valence-corrected chi connectivity index (χ0v) is 32.6. The van der Waals surface area contributed by atoms with Crippen molar-refractivity contribution in [2.75, 3.05) is 13.2 Å². The van der Waals surface area contributed by atoms with Crippen molar-refractivity contribution in [2.24, 2.45) is 5.92 Å². The first kappa shape index (κ1) is 43.3. The van der Waals surface area contributed by atoms with Crippen LogP contribution in [0.15, 0.2) is 48.5 Å². The summed E-state index contributed by atoms with van der Waals surface area (Å²) >= 11 is 0. The summed E-state index contributed by atoms with van der Waals surface area (Å²) < 4.78 is 16.2. The van der Waals surface area contributed by atoms with Crippen molar-refractivity contribution >= 4 is 35.9 Å². The van der Waals surface area contributed by atoms with Crippen LogP contribution in [0.1, 0.15) is 105 Å². The first-order valence-electron chi connectivity index (χ1n) is 18.4. The van der Waals surface area contributed by atoms with Gasteiger partial charge in [-0.05, 0) is 95.4 Å². The average molecular weight is 753 g/mol. The standard InChI is InChI=1S/C40H56N4O10/c1-24(2)21-31(44-38(51)52-23-29-27-17-11-9-15-25(27)26-16-10-12-18-28(26)29)34(46)43-32(22-33(45)53-39(3,4)5)35(47)42-30(36(48)49)19-13-14-20-41-37(50)54-40(6,7)8/h9-12,15-18,24,29-32H,13-14,19-23H2,1-8H3,(H,41,50)(H,42,47)(H,43,46)(H,44,51)(H,48,49)/t30-,31-,32-/m0/s1. The minimum Gasteiger partial charge on any atom is -0.480 e. The van der Waals surface area contributed by atoms with Crippen molar-refractivity contribution in [3.8, 4) is 11.1 Å². The van der Waals surface area contributed by atoms with Gasteiger partial charge in [0.05, 0.1) is 6.42 Å². The van der Waals surface area contributed by atoms with E-state index in [4.69, 9.17) is 14.2 Å². The molecule has 3 atom stereocenters. The molecule has 0 radical (unpaired) electrons. The number of nitrogens with one attached hydrogen (secondary N) is 4. The molecule has 0 aromatic heterocycles. The molecular formula is C40H56N4O10. The fourth-order valence-electron chi connectivity index (χ4n) is 6.02. The molecule has 4 amide bonds. The van der Waals surface area contributed by atoms with E-state index >= 15 is 0 Å². The molecule has 14 heteroatoms. The second kappa shape index (κ2) is 19.3. The number of carbonyl (C=O) groups excluding carboxylic acids is 5. The third-order valence-corrected chi connectivity index (χ3v) is 8.29. The van der Waals surface area contributed by atoms with E-state index in [-0.39, 0.29) is 37.8 Å². The van der Waals surface area contributed by atoms with Gasteiger partial charge in [-0.15, -0.1) is 0 Å². The van der Waals surface area contributed by atoms with Crippen LogP contribution in [0.4, 0.5) is 9.59 Å². The van der Waals surface area contributed by atoms with Crippen molar-refractivity contribution in [3.05, 3.63) is 59.7 Å². The molecule has 296 valence electrons. The highest BCUT2D eigenvalue weighted by Gasteiger charge is 2.34. The molecule has 2 aromatic carbocycles. The highest BCUT2D eigenvalue weighted by atomic mass is 16.6. The molecular weight excluding hydrogens is 696 g/mol. The van der Waals surface area contributed by atoms with Crippen LogP contribution < -0.4 is 21.3 Å². The normalized spacial score (nSPS) is 14.1. The number of alkyl carbamates (subject to hydrolysis) is 2. The predicted octanol–water partition coefficient (Wildman–Crippen LogP) is 5.42. The Morgan fingerprint density at radius 1 is 0.704 bits per heavy atom. The summed E-state index contributed by atoms with van der Waals surface area (Å²) in [7, 11) is 0. The summed E-state index contributed by atoms with van der Waals surface area (Å²) in [6.45, 7) is 14.1. The SMILES string of the molecule is CC(C)C[C@H](NC(=O)OCC1c2ccccc2-c2ccccc21)C(=O)N[C@@H](CC(=O)OC(C)(C)C)C(=O)N[C@@H](CCCCNC(=O)OC(C)(C)C)C(=O)O. The average Bonchev–Trinajstić information content (AvgIpc) is 3.37. The quantitative estimate of drug-likeness (QED) is 0.0790. The van der Waals surface area contributed by atoms with E-state index in [9.17, 15) is 33.9 Å². The van der Waals surface area contributed by atoms with Crippen LogP contribution in [0.5, 0.6) is 0 Å². The Hall–Kier alpha value is -5.14. The van der Waals surface area contributed by atoms with E-state index in [1.54, 1.807) is 41.5 Å². The molecule has 1 aliphatic rings. The molecule has 0 saturated carbocycles. The van der Waals surface area contributed by atoms with Crippen molar-refractivity contribution in [1.29, 1.82) is 0 Å². The summed E-state index contributed by atoms with van der Waals surface area (Å²) in [6.07, 6.45) is -1.14. The third-order valence-electron chi connectivity index (χ3n) is 8.29. The van der Waals surface area contributed by atoms with E-state index in [1.807, 2.05) is 62.4 Å². The Labute approximate surface area is 317 Å². The van der Waals surface area contributed by atoms with Gasteiger partial charge in [-0.1, -0.05) is 62.4 Å². The number of esters is 1. The maximum Gasteiger partial charge on any atom is 0.407 e. The number of unbranched alkanes of at least 4 members (excludes halogenated alkanes) is 1. The third kappa shape index (κ3) is 14.0. The molecule has 1 aliphatic carbocycles. The van der Waals surface area contributed by atoms with Gasteiger partial charge >= 0.3 is 24.1 Å². The lowest BCUT2D eigenvalue weighted by Gasteiger charge is -2.26. The molecule has 54 heavy (non-hydrogen) atoms. The second-order valence-corrected chi connectivity index (χ2v) is 15.8. The molecule has 0 fully saturated rings. The van der Waals surface area contributed by atoms with Crippen LogP contribution in [0.25, 0.3) is 11.1 Å². The van der Waals surface area contributed by atoms with Crippen molar-refractivity contribution in [2.45, 2.75) is 123 Å². The Morgan fingerprint density at radius 2 is 1.24 bits per heavy atom. The number of aliphatic carboxylic acids is 1. The number of carbonyl (C=O) groups is 6. The number of carboxylic acids is 1. The molecule has 5 N–H and O–H groups in total. The Bertz CT molecular complexity index is 1600. The summed E-state index contributed by atoms with van der Waals surface area (Å²) in [5.74, 6) is -4.08. The number of rotatable bonds is 17. The number of benzene rings is 2. The molecule has 0 bridgehead atoms. The number of hydrogen-bond donors (Lipinski definition) is 5. The number of fused-ring (bicyclic) bond motifs is 3. The topological polar surface area (TPSA) is 198 Å². The monoisotopic (exact) mass is 752 g/mol. The van der Waals surface area contributed by atoms with Gasteiger partial charge in [0.25, 0.3) is 0 Å². The zero-order valence-electron chi connectivity index (χ0n) is 32.6. The highest BCUT2D eigenvalue weighted by Crippen LogP contribution is 2.44. The molecule has 3 rings (SSSR count). The van der Waals surface area contributed by atoms with Crippen LogP contribution in [0, 0.1) is 5.92 Å². The van der Waals surface area contributed by atoms with E-state index in [0.29, 0.717) is 12.8 Å². The Morgan fingerprint density at radius 3 is 1.78 bits per heavy atom. The first-order valence-corrected chi connectivity index (χ1v) is 18.4. The Kier molecular flexibility index (Phi) is 15.4. The molecule has 0 aliphatic heterocycles. The van der Waals surface area contributed by atoms with Crippen molar-refractivity contribution in [1.82, 2.24) is 21.3 Å². The fourth-order valence-corrected chi connectivity index (χ4v) is 6.02. The van der Waals surface area contributed by atoms with Crippen LogP contribution in [0.3, 0.4) is 0 Å². The van der Waals surface area contributed by atoms with Crippen molar-refractivity contribution in [3.63, 3.8) is 0 Å². The molecule has 0 spiro atoms. The predicted molar refractivity (Wildman–Crippen MR) is 201 cm³/mol. The lowest BCUT2D eigenvalue weighted by Crippen LogP contribution is -2.56. The van der Waals surface area contributed by atoms with Gasteiger partial charge in [0.1, 0.15) is 35.9 Å². The largest absolute Gasteiger partial charge is 0.480 e. The van der Waals surface area contributed by atoms with Gasteiger partial charge < -0.3 is 40.6 Å². The maximum atomic E-state index is 13.7. The summed E-state index contributed by atoms with van der Waals surface area (Å²) in [6, 6.07) is 11.7. The summed E-state index contributed by atoms with van der Waals surface area (Å²) in [5.41, 5.74) is 2.61. The second-order valence-electron chi connectivity index (χ2n) is 15.8. The molecule has 14 nitrogen and oxygen atoms in total. The lowest BCUT2D eigenvalue weighted by molar-refractivity contribution is -0.156. The highest BCUT2D eigenvalue weighted by molar-refractivity contribution is 5.95. The molecule has 0 heterocycles. The molecule has 0 unspecified atom stereocenters. The number of amides is 4. The van der Waals surface area contributed by atoms with E-state index in [2.05, 4.69) is 21.3 Å². The number of ether oxygens (including phenoxy) is 3. The van der Waals surface area contributed by atoms with Gasteiger partial charge in [-0.3, -0.25) is 14.4 Å². The van der Waals surface area contributed by atoms with Crippen LogP contribution in [-0.4, -0.2) is 83.5 Å². The van der Waals surface area contributed by atoms with Crippen LogP contribution >= 0.6 is 0 Å². The van der Waals surface area contributed by atoms with Crippen LogP contribution in [-0.2, 0) is 33.4 Å². The fraction of sp³-hybridized carbons (Fsp3) is 0.550. The minimum atomic E-state index is -1.53. The first-order chi connectivity index (χ1) is 25.2. The maximum absolute atomic E-state index is 13.7. The minimum absolute atomic E-state index is 0.00346. The molecule has 2 aromatic rings. The zero-order chi connectivity index (χ0) is 40.2. The van der Waals surface area contributed by atoms with Gasteiger partial charge in [-0.25, -0.2) is 14.4 Å². The summed E-state index contributed by atoms with van der Waals surface area (Å²) in [4.78, 5) is 77.3. The van der Waals surface area contributed by atoms with E-state index in [0.717, 1.165) is 22.3 Å². The van der Waals surface area contributed by atoms with Gasteiger partial charge in [0, 0.05) is 12.5 Å². The van der Waals surface area contributed by atoms with Crippen molar-refractivity contribution < 1.29 is 48.1 Å². The van der Waals surface area contributed by atoms with Crippen LogP contribution in [0.2, 0.25) is 0 Å². The Balaban J connectivity index is 1.68. The smallest absolute Gasteiger partial charge is 0.407 e. The lowest BCUT2D eigenvalue weighted by atomic mass is 9.98. The number of carboxylic acid groups (broad SMARTS) is 1. The van der Waals surface area contributed by atoms with Gasteiger partial charge in [0.2, 0.25) is 11.8 Å². The van der Waals surface area contributed by atoms with Gasteiger partial charge in [0.15, 0.2) is 0 Å². The number of hydrogen-bond acceptors (Lipinski definition) is 9. The van der Waals surface area contributed by atoms with E-state index in [1.165, 1.54) is 0 Å². The molecule has 0 saturated heterocycles. The summed E-state index contributed by atoms with van der Waals surface area (Å²) in [5, 5.41) is 20.1.